The van der Waals surface area contributed by atoms with Gasteiger partial charge in [-0.2, -0.15) is 0 Å². The van der Waals surface area contributed by atoms with Gasteiger partial charge in [0.25, 0.3) is 0 Å². The zero-order chi connectivity index (χ0) is 21.7. The second-order valence-electron chi connectivity index (χ2n) is 8.96. The Kier molecular flexibility index (Phi) is 7.36. The Morgan fingerprint density at radius 1 is 1.03 bits per heavy atom. The van der Waals surface area contributed by atoms with Crippen LogP contribution in [0.5, 0.6) is 0 Å². The Hall–Kier alpha value is -2.12. The first-order valence-corrected chi connectivity index (χ1v) is 12.2. The van der Waals surface area contributed by atoms with E-state index in [9.17, 15) is 0 Å². The maximum atomic E-state index is 2.51. The van der Waals surface area contributed by atoms with Gasteiger partial charge in [0, 0.05) is 11.3 Å². The minimum atomic E-state index is 0.260. The highest BCUT2D eigenvalue weighted by Gasteiger charge is 2.31. The summed E-state index contributed by atoms with van der Waals surface area (Å²) in [4.78, 5) is 1.44. The van der Waals surface area contributed by atoms with Gasteiger partial charge in [0.15, 0.2) is 0 Å². The number of hydrogen-bond donors (Lipinski definition) is 0. The van der Waals surface area contributed by atoms with Crippen molar-refractivity contribution in [2.75, 3.05) is 0 Å². The highest BCUT2D eigenvalue weighted by molar-refractivity contribution is 7.09. The Morgan fingerprint density at radius 2 is 1.77 bits per heavy atom. The van der Waals surface area contributed by atoms with E-state index in [-0.39, 0.29) is 5.41 Å². The van der Waals surface area contributed by atoms with Crippen molar-refractivity contribution in [3.05, 3.63) is 92.2 Å². The predicted octanol–water partition coefficient (Wildman–Crippen LogP) is 9.02. The molecule has 1 unspecified atom stereocenters. The first-order chi connectivity index (χ1) is 14.4. The largest absolute Gasteiger partial charge is 0.149 e. The van der Waals surface area contributed by atoms with Crippen molar-refractivity contribution in [3.63, 3.8) is 0 Å². The molecule has 1 heterocycles. The summed E-state index contributed by atoms with van der Waals surface area (Å²) in [6.07, 6.45) is 8.16. The molecule has 0 spiro atoms. The molecular weight excluding hydrogens is 380 g/mol. The quantitative estimate of drug-likeness (QED) is 0.372. The van der Waals surface area contributed by atoms with E-state index in [1.165, 1.54) is 40.0 Å². The minimum absolute atomic E-state index is 0.260. The Labute approximate surface area is 187 Å². The van der Waals surface area contributed by atoms with Crippen LogP contribution in [0.15, 0.2) is 53.9 Å². The molecule has 0 saturated heterocycles. The Balaban J connectivity index is 0.00000124. The molecule has 0 amide bonds. The summed E-state index contributed by atoms with van der Waals surface area (Å²) in [5.74, 6) is 0.653. The maximum absolute atomic E-state index is 2.51. The van der Waals surface area contributed by atoms with E-state index in [1.807, 2.05) is 25.2 Å². The molecule has 0 N–H and O–H groups in total. The van der Waals surface area contributed by atoms with Crippen molar-refractivity contribution in [1.29, 1.82) is 0 Å². The lowest BCUT2D eigenvalue weighted by atomic mass is 9.68. The molecule has 1 heteroatoms. The molecule has 0 radical (unpaired) electrons. The van der Waals surface area contributed by atoms with Crippen LogP contribution < -0.4 is 0 Å². The van der Waals surface area contributed by atoms with Gasteiger partial charge in [0.2, 0.25) is 0 Å². The number of benzene rings is 2. The number of thiophene rings is 1. The molecule has 1 aliphatic rings. The van der Waals surface area contributed by atoms with Gasteiger partial charge in [-0.1, -0.05) is 94.8 Å². The second-order valence-corrected chi connectivity index (χ2v) is 9.99. The molecule has 3 aromatic rings. The average molecular weight is 417 g/mol. The fraction of sp³-hybridized carbons (Fsp3) is 0.379. The molecule has 0 aliphatic heterocycles. The Bertz CT molecular complexity index is 972. The third kappa shape index (κ3) is 5.13. The van der Waals surface area contributed by atoms with Gasteiger partial charge in [-0.05, 0) is 70.4 Å². The molecule has 0 fully saturated rings. The van der Waals surface area contributed by atoms with Crippen LogP contribution in [-0.4, -0.2) is 0 Å². The van der Waals surface area contributed by atoms with Crippen molar-refractivity contribution >= 4 is 23.5 Å². The monoisotopic (exact) mass is 416 g/mol. The maximum Gasteiger partial charge on any atom is 0.00892 e. The molecule has 158 valence electrons. The third-order valence-electron chi connectivity index (χ3n) is 6.25. The third-order valence-corrected chi connectivity index (χ3v) is 7.13. The van der Waals surface area contributed by atoms with Gasteiger partial charge in [0.05, 0.1) is 0 Å². The van der Waals surface area contributed by atoms with Crippen LogP contribution in [0.1, 0.15) is 91.6 Å². The molecule has 4 rings (SSSR count). The van der Waals surface area contributed by atoms with Gasteiger partial charge in [-0.25, -0.2) is 0 Å². The molecule has 1 atom stereocenters. The van der Waals surface area contributed by atoms with E-state index >= 15 is 0 Å². The Morgan fingerprint density at radius 3 is 2.43 bits per heavy atom. The smallest absolute Gasteiger partial charge is 0.00892 e. The molecule has 2 aromatic carbocycles. The normalized spacial score (nSPS) is 17.3. The number of fused-ring (bicyclic) bond motifs is 1. The molecule has 0 nitrogen and oxygen atoms in total. The topological polar surface area (TPSA) is 0 Å². The summed E-state index contributed by atoms with van der Waals surface area (Å²) in [7, 11) is 0. The van der Waals surface area contributed by atoms with E-state index in [0.29, 0.717) is 5.92 Å². The van der Waals surface area contributed by atoms with Crippen molar-refractivity contribution in [2.24, 2.45) is 0 Å². The van der Waals surface area contributed by atoms with Crippen LogP contribution in [-0.2, 0) is 11.8 Å². The summed E-state index contributed by atoms with van der Waals surface area (Å²) in [6, 6.07) is 18.2. The van der Waals surface area contributed by atoms with Gasteiger partial charge in [0.1, 0.15) is 0 Å². The summed E-state index contributed by atoms with van der Waals surface area (Å²) >= 11 is 1.86. The molecular formula is C29H36S. The minimum Gasteiger partial charge on any atom is -0.149 e. The number of hydrogen-bond acceptors (Lipinski definition) is 1. The van der Waals surface area contributed by atoms with Crippen LogP contribution in [0.25, 0.3) is 12.2 Å². The van der Waals surface area contributed by atoms with Crippen molar-refractivity contribution in [1.82, 2.24) is 0 Å². The second kappa shape index (κ2) is 9.79. The van der Waals surface area contributed by atoms with Crippen LogP contribution >= 0.6 is 11.3 Å². The zero-order valence-electron chi connectivity index (χ0n) is 19.5. The number of rotatable bonds is 4. The summed E-state index contributed by atoms with van der Waals surface area (Å²) < 4.78 is 0. The summed E-state index contributed by atoms with van der Waals surface area (Å²) in [5.41, 5.74) is 8.76. The summed E-state index contributed by atoms with van der Waals surface area (Å²) in [5, 5.41) is 2.18. The van der Waals surface area contributed by atoms with Gasteiger partial charge in [-0.3, -0.25) is 0 Å². The van der Waals surface area contributed by atoms with Crippen LogP contribution in [0, 0.1) is 6.92 Å². The number of aryl methyl sites for hydroxylation is 1. The highest BCUT2D eigenvalue weighted by atomic mass is 32.1. The van der Waals surface area contributed by atoms with Gasteiger partial charge < -0.3 is 0 Å². The van der Waals surface area contributed by atoms with Crippen LogP contribution in [0.4, 0.5) is 0 Å². The fourth-order valence-electron chi connectivity index (χ4n) is 4.31. The van der Waals surface area contributed by atoms with E-state index in [0.717, 1.165) is 6.42 Å². The van der Waals surface area contributed by atoms with E-state index in [2.05, 4.69) is 93.8 Å². The lowest BCUT2D eigenvalue weighted by Gasteiger charge is -2.37. The molecule has 0 saturated carbocycles. The standard InChI is InChI=1S/C27H30S.C2H6/c1-19-7-9-21(10-8-19)11-12-22-18-26-25(20(2)13-14-27(26,3)4)17-23(22)16-24-6-5-15-28-24;1-2/h5-12,15,17-18,20H,13-14,16H2,1-4H3;1-2H3/b12-11+;. The van der Waals surface area contributed by atoms with Crippen molar-refractivity contribution < 1.29 is 0 Å². The van der Waals surface area contributed by atoms with Gasteiger partial charge >= 0.3 is 0 Å². The van der Waals surface area contributed by atoms with E-state index < -0.39 is 0 Å². The molecule has 1 aromatic heterocycles. The zero-order valence-corrected chi connectivity index (χ0v) is 20.3. The fourth-order valence-corrected chi connectivity index (χ4v) is 5.04. The van der Waals surface area contributed by atoms with Crippen molar-refractivity contribution in [3.8, 4) is 0 Å². The van der Waals surface area contributed by atoms with Crippen LogP contribution in [0.3, 0.4) is 0 Å². The first-order valence-electron chi connectivity index (χ1n) is 11.4. The molecule has 1 aliphatic carbocycles. The van der Waals surface area contributed by atoms with Crippen LogP contribution in [0.2, 0.25) is 0 Å². The lowest BCUT2D eigenvalue weighted by molar-refractivity contribution is 0.402. The molecule has 0 bridgehead atoms. The van der Waals surface area contributed by atoms with Crippen molar-refractivity contribution in [2.45, 2.75) is 72.1 Å². The summed E-state index contributed by atoms with van der Waals surface area (Å²) in [6.45, 7) is 13.3. The van der Waals surface area contributed by atoms with E-state index in [4.69, 9.17) is 0 Å². The average Bonchev–Trinajstić information content (AvgIpc) is 3.25. The van der Waals surface area contributed by atoms with Gasteiger partial charge in [-0.15, -0.1) is 11.3 Å². The first kappa shape index (κ1) is 22.6. The highest BCUT2D eigenvalue weighted by Crippen LogP contribution is 2.44. The predicted molar refractivity (Wildman–Crippen MR) is 136 cm³/mol. The SMILES string of the molecule is CC.Cc1ccc(/C=C/c2cc3c(cc2Cc2cccs2)C(C)CCC3(C)C)cc1. The molecule has 30 heavy (non-hydrogen) atoms. The lowest BCUT2D eigenvalue weighted by Crippen LogP contribution is -2.26. The van der Waals surface area contributed by atoms with E-state index in [1.54, 1.807) is 11.1 Å².